The fourth-order valence-corrected chi connectivity index (χ4v) is 0.577. The maximum atomic E-state index is 2.33. The Morgan fingerprint density at radius 2 is 1.75 bits per heavy atom. The molecule has 0 radical (unpaired) electrons. The maximum absolute atomic E-state index is 2.33. The van der Waals surface area contributed by atoms with Crippen molar-refractivity contribution in [2.45, 2.75) is 27.7 Å². The van der Waals surface area contributed by atoms with Crippen molar-refractivity contribution in [2.24, 2.45) is 5.41 Å². The molecule has 1 nitrogen and oxygen atoms in total. The van der Waals surface area contributed by atoms with Gasteiger partial charge in [-0.15, -0.1) is 0 Å². The lowest BCUT2D eigenvalue weighted by atomic mass is 9.97. The third kappa shape index (κ3) is 5.96. The van der Waals surface area contributed by atoms with E-state index in [4.69, 9.17) is 0 Å². The number of nitrogens with two attached hydrogens (primary N) is 1. The first-order valence-corrected chi connectivity index (χ1v) is 3.38. The molecule has 0 aromatic carbocycles. The molecule has 8 heavy (non-hydrogen) atoms. The topological polar surface area (TPSA) is 16.6 Å². The molecule has 0 fully saturated rings. The Morgan fingerprint density at radius 1 is 1.25 bits per heavy atom. The Kier molecular flexibility index (Phi) is 3.06. The monoisotopic (exact) mass is 116 g/mol. The first-order valence-electron chi connectivity index (χ1n) is 3.38. The molecule has 0 rings (SSSR count). The van der Waals surface area contributed by atoms with Gasteiger partial charge in [-0.05, 0) is 6.92 Å². The van der Waals surface area contributed by atoms with Crippen molar-refractivity contribution in [1.29, 1.82) is 0 Å². The smallest absolute Gasteiger partial charge is 0.0804 e. The second-order valence-corrected chi connectivity index (χ2v) is 3.46. The summed E-state index contributed by atoms with van der Waals surface area (Å²) in [6.07, 6.45) is 0. The molecule has 0 spiro atoms. The SMILES string of the molecule is CC[NH2+]CC(C)(C)C. The van der Waals surface area contributed by atoms with Crippen molar-refractivity contribution in [3.8, 4) is 0 Å². The summed E-state index contributed by atoms with van der Waals surface area (Å²) in [5, 5.41) is 2.33. The van der Waals surface area contributed by atoms with Crippen LogP contribution in [-0.4, -0.2) is 13.1 Å². The number of rotatable bonds is 2. The molecule has 2 N–H and O–H groups in total. The van der Waals surface area contributed by atoms with Gasteiger partial charge in [0, 0.05) is 5.41 Å². The normalized spacial score (nSPS) is 12.0. The van der Waals surface area contributed by atoms with Crippen LogP contribution in [-0.2, 0) is 0 Å². The van der Waals surface area contributed by atoms with Crippen LogP contribution >= 0.6 is 0 Å². The summed E-state index contributed by atoms with van der Waals surface area (Å²) in [6, 6.07) is 0. The largest absolute Gasteiger partial charge is 0.346 e. The predicted molar refractivity (Wildman–Crippen MR) is 36.8 cm³/mol. The van der Waals surface area contributed by atoms with E-state index in [0.29, 0.717) is 5.41 Å². The van der Waals surface area contributed by atoms with Gasteiger partial charge in [0.1, 0.15) is 0 Å². The highest BCUT2D eigenvalue weighted by molar-refractivity contribution is 4.55. The van der Waals surface area contributed by atoms with Crippen molar-refractivity contribution in [3.05, 3.63) is 0 Å². The molecule has 0 aliphatic heterocycles. The fraction of sp³-hybridized carbons (Fsp3) is 1.00. The van der Waals surface area contributed by atoms with Gasteiger partial charge in [-0.1, -0.05) is 20.8 Å². The molecule has 0 amide bonds. The van der Waals surface area contributed by atoms with Crippen LogP contribution in [0, 0.1) is 5.41 Å². The Morgan fingerprint density at radius 3 is 1.88 bits per heavy atom. The third-order valence-corrected chi connectivity index (χ3v) is 1.05. The minimum absolute atomic E-state index is 0.496. The molecule has 1 heteroatoms. The molecule has 0 saturated heterocycles. The van der Waals surface area contributed by atoms with E-state index in [9.17, 15) is 0 Å². The van der Waals surface area contributed by atoms with E-state index >= 15 is 0 Å². The number of quaternary nitrogens is 1. The molecular formula is C7H18N+. The average Bonchev–Trinajstić information content (AvgIpc) is 1.59. The summed E-state index contributed by atoms with van der Waals surface area (Å²) >= 11 is 0. The Balaban J connectivity index is 3.11. The summed E-state index contributed by atoms with van der Waals surface area (Å²) in [5.74, 6) is 0. The Bertz CT molecular complexity index is 51.9. The highest BCUT2D eigenvalue weighted by Crippen LogP contribution is 2.07. The minimum atomic E-state index is 0.496. The van der Waals surface area contributed by atoms with E-state index in [-0.39, 0.29) is 0 Å². The number of hydrogen-bond donors (Lipinski definition) is 1. The van der Waals surface area contributed by atoms with Gasteiger partial charge in [0.15, 0.2) is 0 Å². The summed E-state index contributed by atoms with van der Waals surface area (Å²) < 4.78 is 0. The zero-order chi connectivity index (χ0) is 6.62. The summed E-state index contributed by atoms with van der Waals surface area (Å²) in [7, 11) is 0. The lowest BCUT2D eigenvalue weighted by Crippen LogP contribution is -2.85. The second-order valence-electron chi connectivity index (χ2n) is 3.46. The van der Waals surface area contributed by atoms with Crippen molar-refractivity contribution < 1.29 is 5.32 Å². The molecule has 0 bridgehead atoms. The van der Waals surface area contributed by atoms with Crippen LogP contribution in [0.4, 0.5) is 0 Å². The third-order valence-electron chi connectivity index (χ3n) is 1.05. The zero-order valence-corrected chi connectivity index (χ0v) is 6.49. The van der Waals surface area contributed by atoms with Crippen LogP contribution in [0.3, 0.4) is 0 Å². The van der Waals surface area contributed by atoms with Crippen molar-refractivity contribution in [3.63, 3.8) is 0 Å². The molecule has 0 atom stereocenters. The van der Waals surface area contributed by atoms with E-state index in [1.54, 1.807) is 0 Å². The summed E-state index contributed by atoms with van der Waals surface area (Å²) in [6.45, 7) is 11.4. The molecule has 0 heterocycles. The molecular weight excluding hydrogens is 98.1 g/mol. The van der Waals surface area contributed by atoms with Gasteiger partial charge in [-0.25, -0.2) is 0 Å². The van der Waals surface area contributed by atoms with E-state index < -0.39 is 0 Å². The quantitative estimate of drug-likeness (QED) is 0.544. The van der Waals surface area contributed by atoms with Gasteiger partial charge in [-0.3, -0.25) is 0 Å². The lowest BCUT2D eigenvalue weighted by molar-refractivity contribution is -0.661. The zero-order valence-electron chi connectivity index (χ0n) is 6.49. The van der Waals surface area contributed by atoms with Crippen LogP contribution < -0.4 is 5.32 Å². The van der Waals surface area contributed by atoms with E-state index in [0.717, 1.165) is 0 Å². The van der Waals surface area contributed by atoms with Crippen molar-refractivity contribution in [1.82, 2.24) is 0 Å². The van der Waals surface area contributed by atoms with Gasteiger partial charge in [-0.2, -0.15) is 0 Å². The van der Waals surface area contributed by atoms with Gasteiger partial charge >= 0.3 is 0 Å². The molecule has 50 valence electrons. The van der Waals surface area contributed by atoms with E-state index in [1.165, 1.54) is 13.1 Å². The second kappa shape index (κ2) is 3.08. The van der Waals surface area contributed by atoms with Gasteiger partial charge in [0.25, 0.3) is 0 Å². The predicted octanol–water partition coefficient (Wildman–Crippen LogP) is 0.616. The fourth-order valence-electron chi connectivity index (χ4n) is 0.577. The average molecular weight is 116 g/mol. The van der Waals surface area contributed by atoms with Gasteiger partial charge in [0.05, 0.1) is 13.1 Å². The first-order chi connectivity index (χ1) is 3.56. The molecule has 0 aromatic heterocycles. The Labute approximate surface area is 52.5 Å². The molecule has 0 unspecified atom stereocenters. The number of hydrogen-bond acceptors (Lipinski definition) is 0. The first kappa shape index (κ1) is 7.96. The van der Waals surface area contributed by atoms with Gasteiger partial charge in [0.2, 0.25) is 0 Å². The van der Waals surface area contributed by atoms with E-state index in [2.05, 4.69) is 33.0 Å². The highest BCUT2D eigenvalue weighted by Gasteiger charge is 2.10. The van der Waals surface area contributed by atoms with Crippen molar-refractivity contribution in [2.75, 3.05) is 13.1 Å². The molecule has 0 aromatic rings. The molecule has 0 saturated carbocycles. The Hall–Kier alpha value is -0.0400. The maximum Gasteiger partial charge on any atom is 0.0804 e. The molecule has 0 aliphatic rings. The molecule has 0 aliphatic carbocycles. The highest BCUT2D eigenvalue weighted by atomic mass is 14.9. The van der Waals surface area contributed by atoms with Crippen LogP contribution in [0.1, 0.15) is 27.7 Å². The van der Waals surface area contributed by atoms with E-state index in [1.807, 2.05) is 0 Å². The standard InChI is InChI=1S/C7H17N/c1-5-8-6-7(2,3)4/h8H,5-6H2,1-4H3/p+1. The van der Waals surface area contributed by atoms with Gasteiger partial charge < -0.3 is 5.32 Å². The minimum Gasteiger partial charge on any atom is -0.346 e. The van der Waals surface area contributed by atoms with Crippen LogP contribution in [0.15, 0.2) is 0 Å². The summed E-state index contributed by atoms with van der Waals surface area (Å²) in [5.41, 5.74) is 0.496. The summed E-state index contributed by atoms with van der Waals surface area (Å²) in [4.78, 5) is 0. The van der Waals surface area contributed by atoms with Crippen LogP contribution in [0.5, 0.6) is 0 Å². The van der Waals surface area contributed by atoms with Crippen LogP contribution in [0.2, 0.25) is 0 Å². The lowest BCUT2D eigenvalue weighted by Gasteiger charge is -2.14. The van der Waals surface area contributed by atoms with Crippen LogP contribution in [0.25, 0.3) is 0 Å². The van der Waals surface area contributed by atoms with Crippen molar-refractivity contribution >= 4 is 0 Å².